The monoisotopic (exact) mass is 292 g/mol. The Morgan fingerprint density at radius 3 is 1.53 bits per heavy atom. The normalized spacial score (nSPS) is 14.2. The van der Waals surface area contributed by atoms with E-state index in [9.17, 15) is 30.7 Å². The van der Waals surface area contributed by atoms with Crippen molar-refractivity contribution in [3.8, 4) is 0 Å². The number of hydrogen-bond acceptors (Lipinski definition) is 0. The van der Waals surface area contributed by atoms with Crippen LogP contribution in [0.2, 0.25) is 0 Å². The van der Waals surface area contributed by atoms with E-state index in [0.29, 0.717) is 6.92 Å². The fourth-order valence-electron chi connectivity index (χ4n) is 1.33. The molecule has 0 unspecified atom stereocenters. The van der Waals surface area contributed by atoms with Gasteiger partial charge in [-0.1, -0.05) is 20.8 Å². The Kier molecular flexibility index (Phi) is 6.09. The fraction of sp³-hybridized carbons (Fsp3) is 0.667. The van der Waals surface area contributed by atoms with Crippen molar-refractivity contribution in [2.45, 2.75) is 51.9 Å². The number of alkyl halides is 4. The molecule has 0 aliphatic carbocycles. The summed E-state index contributed by atoms with van der Waals surface area (Å²) >= 11 is 0. The lowest BCUT2D eigenvalue weighted by Gasteiger charge is -2.24. The summed E-state index contributed by atoms with van der Waals surface area (Å²) in [7, 11) is 0. The summed E-state index contributed by atoms with van der Waals surface area (Å²) in [6.45, 7) is 3.50. The first-order chi connectivity index (χ1) is 8.56. The number of allylic oxidation sites excluding steroid dienone is 4. The molecule has 0 nitrogen and oxygen atoms in total. The molecule has 0 bridgehead atoms. The van der Waals surface area contributed by atoms with Crippen molar-refractivity contribution in [3.05, 3.63) is 23.1 Å². The molecule has 0 aromatic rings. The van der Waals surface area contributed by atoms with Gasteiger partial charge < -0.3 is 0 Å². The third kappa shape index (κ3) is 3.51. The second-order valence-electron chi connectivity index (χ2n) is 3.89. The summed E-state index contributed by atoms with van der Waals surface area (Å²) in [5, 5.41) is 0. The molecule has 19 heavy (non-hydrogen) atoms. The molecule has 0 fully saturated rings. The zero-order valence-electron chi connectivity index (χ0n) is 10.8. The van der Waals surface area contributed by atoms with Crippen molar-refractivity contribution < 1.29 is 30.7 Å². The molecule has 0 N–H and O–H groups in total. The Morgan fingerprint density at radius 2 is 1.21 bits per heavy atom. The van der Waals surface area contributed by atoms with Crippen molar-refractivity contribution in [1.29, 1.82) is 0 Å². The maximum absolute atomic E-state index is 13.4. The molecule has 0 aliphatic rings. The Balaban J connectivity index is 5.79. The minimum Gasteiger partial charge on any atom is -0.204 e. The van der Waals surface area contributed by atoms with Crippen LogP contribution in [-0.4, -0.2) is 11.8 Å². The van der Waals surface area contributed by atoms with Gasteiger partial charge in [-0.05, 0) is 18.4 Å². The predicted molar refractivity (Wildman–Crippen MR) is 58.1 cm³/mol. The van der Waals surface area contributed by atoms with E-state index in [1.54, 1.807) is 0 Å². The third-order valence-corrected chi connectivity index (χ3v) is 2.73. The van der Waals surface area contributed by atoms with Gasteiger partial charge in [0.15, 0.2) is 11.7 Å². The van der Waals surface area contributed by atoms with Gasteiger partial charge in [-0.3, -0.25) is 0 Å². The third-order valence-electron chi connectivity index (χ3n) is 2.73. The van der Waals surface area contributed by atoms with Crippen LogP contribution in [0.25, 0.3) is 0 Å². The van der Waals surface area contributed by atoms with Crippen molar-refractivity contribution in [2.75, 3.05) is 0 Å². The highest BCUT2D eigenvalue weighted by atomic mass is 19.3. The summed E-state index contributed by atoms with van der Waals surface area (Å²) in [5.74, 6) is -17.6. The topological polar surface area (TPSA) is 0 Å². The smallest absolute Gasteiger partial charge is 0.204 e. The number of hydrogen-bond donors (Lipinski definition) is 0. The van der Waals surface area contributed by atoms with Gasteiger partial charge in [0.05, 0.1) is 0 Å². The molecule has 0 aliphatic heterocycles. The molecule has 0 spiro atoms. The predicted octanol–water partition coefficient (Wildman–Crippen LogP) is 5.86. The molecule has 112 valence electrons. The van der Waals surface area contributed by atoms with Crippen LogP contribution >= 0.6 is 0 Å². The van der Waals surface area contributed by atoms with E-state index in [2.05, 4.69) is 0 Å². The molecule has 0 atom stereocenters. The van der Waals surface area contributed by atoms with E-state index in [4.69, 9.17) is 0 Å². The lowest BCUT2D eigenvalue weighted by Crippen LogP contribution is -2.41. The average molecular weight is 292 g/mol. The molecular formula is C12H15F7. The zero-order chi connectivity index (χ0) is 15.4. The lowest BCUT2D eigenvalue weighted by molar-refractivity contribution is -0.197. The van der Waals surface area contributed by atoms with Crippen LogP contribution in [0.5, 0.6) is 0 Å². The van der Waals surface area contributed by atoms with Crippen LogP contribution in [-0.2, 0) is 0 Å². The number of rotatable bonds is 6. The molecule has 0 heterocycles. The summed E-state index contributed by atoms with van der Waals surface area (Å²) in [4.78, 5) is 0. The molecule has 0 aromatic heterocycles. The van der Waals surface area contributed by atoms with E-state index in [-0.39, 0.29) is 18.4 Å². The highest BCUT2D eigenvalue weighted by molar-refractivity contribution is 5.30. The SMILES string of the molecule is CCC(CC)=C(F)C(F)=C(F)C(F)(F)C(F)(F)CC. The minimum absolute atomic E-state index is 0.0429. The molecule has 0 saturated carbocycles. The summed E-state index contributed by atoms with van der Waals surface area (Å²) in [6, 6.07) is 0. The van der Waals surface area contributed by atoms with Crippen molar-refractivity contribution in [2.24, 2.45) is 0 Å². The summed E-state index contributed by atoms with van der Waals surface area (Å²) in [6.07, 6.45) is -1.49. The van der Waals surface area contributed by atoms with E-state index in [0.717, 1.165) is 0 Å². The Morgan fingerprint density at radius 1 is 0.789 bits per heavy atom. The van der Waals surface area contributed by atoms with Gasteiger partial charge in [0.1, 0.15) is 0 Å². The molecule has 0 radical (unpaired) electrons. The molecule has 7 heteroatoms. The minimum atomic E-state index is -5.38. The van der Waals surface area contributed by atoms with Crippen LogP contribution in [0.15, 0.2) is 23.1 Å². The maximum atomic E-state index is 13.4. The molecule has 0 saturated heterocycles. The van der Waals surface area contributed by atoms with Gasteiger partial charge in [-0.2, -0.15) is 17.6 Å². The van der Waals surface area contributed by atoms with E-state index in [1.165, 1.54) is 13.8 Å². The summed E-state index contributed by atoms with van der Waals surface area (Å²) < 4.78 is 91.5. The zero-order valence-corrected chi connectivity index (χ0v) is 10.8. The van der Waals surface area contributed by atoms with Gasteiger partial charge in [-0.25, -0.2) is 13.2 Å². The second-order valence-corrected chi connectivity index (χ2v) is 3.89. The van der Waals surface area contributed by atoms with Gasteiger partial charge in [0.2, 0.25) is 5.83 Å². The Labute approximate surface area is 107 Å². The second kappa shape index (κ2) is 6.43. The highest BCUT2D eigenvalue weighted by Gasteiger charge is 2.59. The number of halogens is 7. The standard InChI is InChI=1S/C12H15F7/c1-4-7(5-2)8(13)9(14)10(15)12(18,19)11(16,17)6-3/h4-6H2,1-3H3. The van der Waals surface area contributed by atoms with Crippen molar-refractivity contribution >= 4 is 0 Å². The van der Waals surface area contributed by atoms with Crippen LogP contribution in [0, 0.1) is 0 Å². The molecule has 0 aromatic carbocycles. The fourth-order valence-corrected chi connectivity index (χ4v) is 1.33. The molecule has 0 rings (SSSR count). The maximum Gasteiger partial charge on any atom is 0.363 e. The largest absolute Gasteiger partial charge is 0.363 e. The van der Waals surface area contributed by atoms with E-state index >= 15 is 0 Å². The lowest BCUT2D eigenvalue weighted by atomic mass is 10.0. The van der Waals surface area contributed by atoms with Crippen LogP contribution in [0.4, 0.5) is 30.7 Å². The van der Waals surface area contributed by atoms with Gasteiger partial charge >= 0.3 is 11.8 Å². The van der Waals surface area contributed by atoms with Gasteiger partial charge in [0.25, 0.3) is 0 Å². The van der Waals surface area contributed by atoms with Crippen LogP contribution in [0.1, 0.15) is 40.0 Å². The quantitative estimate of drug-likeness (QED) is 0.425. The van der Waals surface area contributed by atoms with Crippen molar-refractivity contribution in [1.82, 2.24) is 0 Å². The van der Waals surface area contributed by atoms with Crippen LogP contribution in [0.3, 0.4) is 0 Å². The highest BCUT2D eigenvalue weighted by Crippen LogP contribution is 2.45. The van der Waals surface area contributed by atoms with E-state index in [1.807, 2.05) is 0 Å². The van der Waals surface area contributed by atoms with Crippen LogP contribution < -0.4 is 0 Å². The molecule has 0 amide bonds. The first-order valence-corrected chi connectivity index (χ1v) is 5.75. The summed E-state index contributed by atoms with van der Waals surface area (Å²) in [5.41, 5.74) is -0.261. The van der Waals surface area contributed by atoms with Gasteiger partial charge in [0, 0.05) is 6.42 Å². The Hall–Kier alpha value is -1.01. The van der Waals surface area contributed by atoms with Crippen molar-refractivity contribution in [3.63, 3.8) is 0 Å². The first kappa shape index (κ1) is 18.0. The Bertz CT molecular complexity index is 374. The average Bonchev–Trinajstić information content (AvgIpc) is 2.37. The molecular weight excluding hydrogens is 277 g/mol. The first-order valence-electron chi connectivity index (χ1n) is 5.75. The van der Waals surface area contributed by atoms with E-state index < -0.39 is 35.7 Å². The van der Waals surface area contributed by atoms with Gasteiger partial charge in [-0.15, -0.1) is 0 Å².